The molecule has 0 radical (unpaired) electrons. The Morgan fingerprint density at radius 1 is 1.37 bits per heavy atom. The Kier molecular flexibility index (Phi) is 4.86. The van der Waals surface area contributed by atoms with E-state index in [1.807, 2.05) is 20.8 Å². The number of hydrogen-bond acceptors (Lipinski definition) is 4. The van der Waals surface area contributed by atoms with Crippen LogP contribution in [0.4, 0.5) is 5.82 Å². The topological polar surface area (TPSA) is 97.1 Å². The molecule has 1 aromatic heterocycles. The highest BCUT2D eigenvalue weighted by molar-refractivity contribution is 5.98. The first kappa shape index (κ1) is 14.9. The van der Waals surface area contributed by atoms with E-state index in [2.05, 4.69) is 15.6 Å². The number of pyridine rings is 1. The molecule has 0 unspecified atom stereocenters. The molecule has 1 aromatic rings. The SMILES string of the molecule is CC(C)(C)NC(=O)CCNC(=O)c1cccnc1N. The normalized spacial score (nSPS) is 10.9. The Morgan fingerprint density at radius 3 is 2.63 bits per heavy atom. The van der Waals surface area contributed by atoms with Crippen LogP contribution in [0.25, 0.3) is 0 Å². The molecular formula is C13H20N4O2. The van der Waals surface area contributed by atoms with Crippen LogP contribution in [0.15, 0.2) is 18.3 Å². The summed E-state index contributed by atoms with van der Waals surface area (Å²) in [5.41, 5.74) is 5.63. The smallest absolute Gasteiger partial charge is 0.255 e. The van der Waals surface area contributed by atoms with E-state index in [-0.39, 0.29) is 36.1 Å². The molecule has 0 aromatic carbocycles. The summed E-state index contributed by atoms with van der Waals surface area (Å²) in [5, 5.41) is 5.45. The minimum absolute atomic E-state index is 0.105. The lowest BCUT2D eigenvalue weighted by Crippen LogP contribution is -2.42. The molecular weight excluding hydrogens is 244 g/mol. The largest absolute Gasteiger partial charge is 0.383 e. The van der Waals surface area contributed by atoms with Crippen molar-refractivity contribution in [2.45, 2.75) is 32.7 Å². The van der Waals surface area contributed by atoms with Gasteiger partial charge in [0.15, 0.2) is 0 Å². The molecule has 0 spiro atoms. The van der Waals surface area contributed by atoms with Gasteiger partial charge in [0, 0.05) is 24.7 Å². The number of amides is 2. The number of carbonyl (C=O) groups is 2. The minimum atomic E-state index is -0.325. The van der Waals surface area contributed by atoms with Crippen LogP contribution >= 0.6 is 0 Å². The van der Waals surface area contributed by atoms with E-state index in [0.29, 0.717) is 5.56 Å². The van der Waals surface area contributed by atoms with Gasteiger partial charge < -0.3 is 16.4 Å². The predicted molar refractivity (Wildman–Crippen MR) is 73.5 cm³/mol. The molecule has 0 aliphatic carbocycles. The maximum atomic E-state index is 11.8. The van der Waals surface area contributed by atoms with Crippen molar-refractivity contribution in [1.82, 2.24) is 15.6 Å². The molecule has 19 heavy (non-hydrogen) atoms. The van der Waals surface area contributed by atoms with E-state index in [1.165, 1.54) is 6.20 Å². The van der Waals surface area contributed by atoms with Crippen molar-refractivity contribution < 1.29 is 9.59 Å². The van der Waals surface area contributed by atoms with E-state index in [1.54, 1.807) is 12.1 Å². The van der Waals surface area contributed by atoms with Gasteiger partial charge in [0.05, 0.1) is 5.56 Å². The van der Waals surface area contributed by atoms with Crippen LogP contribution < -0.4 is 16.4 Å². The predicted octanol–water partition coefficient (Wildman–Crippen LogP) is 0.698. The summed E-state index contributed by atoms with van der Waals surface area (Å²) in [7, 11) is 0. The van der Waals surface area contributed by atoms with Crippen LogP contribution in [-0.2, 0) is 4.79 Å². The van der Waals surface area contributed by atoms with Gasteiger partial charge in [-0.05, 0) is 32.9 Å². The third kappa shape index (κ3) is 5.37. The van der Waals surface area contributed by atoms with Crippen molar-refractivity contribution >= 4 is 17.6 Å². The van der Waals surface area contributed by atoms with Crippen molar-refractivity contribution in [3.8, 4) is 0 Å². The standard InChI is InChI=1S/C13H20N4O2/c1-13(2,3)17-10(18)6-8-16-12(19)9-5-4-7-15-11(9)14/h4-5,7H,6,8H2,1-3H3,(H2,14,15)(H,16,19)(H,17,18). The highest BCUT2D eigenvalue weighted by Crippen LogP contribution is 2.06. The summed E-state index contributed by atoms with van der Waals surface area (Å²) in [6.07, 6.45) is 1.74. The second-order valence-corrected chi connectivity index (χ2v) is 5.24. The summed E-state index contributed by atoms with van der Waals surface area (Å²) < 4.78 is 0. The number of anilines is 1. The fourth-order valence-corrected chi connectivity index (χ4v) is 1.48. The van der Waals surface area contributed by atoms with Gasteiger partial charge in [-0.1, -0.05) is 0 Å². The highest BCUT2D eigenvalue weighted by Gasteiger charge is 2.14. The van der Waals surface area contributed by atoms with Crippen molar-refractivity contribution in [3.05, 3.63) is 23.9 Å². The van der Waals surface area contributed by atoms with Crippen molar-refractivity contribution in [3.63, 3.8) is 0 Å². The van der Waals surface area contributed by atoms with Crippen LogP contribution in [0.5, 0.6) is 0 Å². The Labute approximate surface area is 112 Å². The third-order valence-corrected chi connectivity index (χ3v) is 2.24. The third-order valence-electron chi connectivity index (χ3n) is 2.24. The van der Waals surface area contributed by atoms with Gasteiger partial charge in [-0.2, -0.15) is 0 Å². The van der Waals surface area contributed by atoms with Crippen LogP contribution in [0.3, 0.4) is 0 Å². The van der Waals surface area contributed by atoms with Gasteiger partial charge in [0.25, 0.3) is 5.91 Å². The molecule has 0 saturated heterocycles. The van der Waals surface area contributed by atoms with Crippen molar-refractivity contribution in [2.75, 3.05) is 12.3 Å². The van der Waals surface area contributed by atoms with Crippen LogP contribution in [0.1, 0.15) is 37.6 Å². The molecule has 0 atom stereocenters. The van der Waals surface area contributed by atoms with Crippen LogP contribution in [0, 0.1) is 0 Å². The van der Waals surface area contributed by atoms with Crippen molar-refractivity contribution in [2.24, 2.45) is 0 Å². The second kappa shape index (κ2) is 6.17. The fraction of sp³-hybridized carbons (Fsp3) is 0.462. The van der Waals surface area contributed by atoms with Gasteiger partial charge in [-0.25, -0.2) is 4.98 Å². The monoisotopic (exact) mass is 264 g/mol. The molecule has 1 heterocycles. The summed E-state index contributed by atoms with van der Waals surface area (Å²) in [5.74, 6) is -0.250. The summed E-state index contributed by atoms with van der Waals surface area (Å²) >= 11 is 0. The van der Waals surface area contributed by atoms with Gasteiger partial charge in [-0.3, -0.25) is 9.59 Å². The van der Waals surface area contributed by atoms with E-state index in [4.69, 9.17) is 5.73 Å². The molecule has 1 rings (SSSR count). The van der Waals surface area contributed by atoms with Crippen molar-refractivity contribution in [1.29, 1.82) is 0 Å². The maximum Gasteiger partial charge on any atom is 0.255 e. The minimum Gasteiger partial charge on any atom is -0.383 e. The number of aromatic nitrogens is 1. The number of nitrogens with two attached hydrogens (primary N) is 1. The molecule has 4 N–H and O–H groups in total. The highest BCUT2D eigenvalue weighted by atomic mass is 16.2. The zero-order chi connectivity index (χ0) is 14.5. The quantitative estimate of drug-likeness (QED) is 0.745. The zero-order valence-corrected chi connectivity index (χ0v) is 11.5. The van der Waals surface area contributed by atoms with E-state index < -0.39 is 0 Å². The van der Waals surface area contributed by atoms with Gasteiger partial charge in [0.2, 0.25) is 5.91 Å². The molecule has 0 aliphatic rings. The Bertz CT molecular complexity index is 466. The Hall–Kier alpha value is -2.11. The maximum absolute atomic E-state index is 11.8. The van der Waals surface area contributed by atoms with E-state index >= 15 is 0 Å². The summed E-state index contributed by atoms with van der Waals surface area (Å²) in [6, 6.07) is 3.23. The van der Waals surface area contributed by atoms with Crippen LogP contribution in [0.2, 0.25) is 0 Å². The molecule has 0 aliphatic heterocycles. The van der Waals surface area contributed by atoms with Crippen LogP contribution in [-0.4, -0.2) is 28.9 Å². The number of carbonyl (C=O) groups excluding carboxylic acids is 2. The molecule has 6 heteroatoms. The number of nitrogens with zero attached hydrogens (tertiary/aromatic N) is 1. The molecule has 0 fully saturated rings. The lowest BCUT2D eigenvalue weighted by atomic mass is 10.1. The second-order valence-electron chi connectivity index (χ2n) is 5.24. The number of hydrogen-bond donors (Lipinski definition) is 3. The van der Waals surface area contributed by atoms with Gasteiger partial charge in [0.1, 0.15) is 5.82 Å². The van der Waals surface area contributed by atoms with Gasteiger partial charge >= 0.3 is 0 Å². The molecule has 0 saturated carbocycles. The summed E-state index contributed by atoms with van der Waals surface area (Å²) in [4.78, 5) is 27.1. The molecule has 2 amide bonds. The van der Waals surface area contributed by atoms with Gasteiger partial charge in [-0.15, -0.1) is 0 Å². The molecule has 104 valence electrons. The lowest BCUT2D eigenvalue weighted by molar-refractivity contribution is -0.122. The fourth-order valence-electron chi connectivity index (χ4n) is 1.48. The lowest BCUT2D eigenvalue weighted by Gasteiger charge is -2.20. The first-order chi connectivity index (χ1) is 8.79. The molecule has 6 nitrogen and oxygen atoms in total. The molecule has 0 bridgehead atoms. The number of nitrogen functional groups attached to an aromatic ring is 1. The Morgan fingerprint density at radius 2 is 2.05 bits per heavy atom. The summed E-state index contributed by atoms with van der Waals surface area (Å²) in [6.45, 7) is 5.97. The average Bonchev–Trinajstić information content (AvgIpc) is 2.26. The zero-order valence-electron chi connectivity index (χ0n) is 11.5. The van der Waals surface area contributed by atoms with E-state index in [0.717, 1.165) is 0 Å². The van der Waals surface area contributed by atoms with E-state index in [9.17, 15) is 9.59 Å². The average molecular weight is 264 g/mol. The first-order valence-electron chi connectivity index (χ1n) is 6.09. The number of rotatable bonds is 4. The first-order valence-corrected chi connectivity index (χ1v) is 6.09. The number of nitrogens with one attached hydrogen (secondary N) is 2. The Balaban J connectivity index is 2.40.